The molecule has 1 aliphatic rings. The van der Waals surface area contributed by atoms with E-state index in [9.17, 15) is 20.0 Å². The molecule has 114 valence electrons. The number of benzene rings is 1. The number of nitro benzene ring substituents is 1. The number of halogens is 1. The molecule has 1 aliphatic heterocycles. The third kappa shape index (κ3) is 3.33. The van der Waals surface area contributed by atoms with Gasteiger partial charge in [-0.1, -0.05) is 11.6 Å². The van der Waals surface area contributed by atoms with Crippen molar-refractivity contribution in [3.63, 3.8) is 0 Å². The largest absolute Gasteiger partial charge is 0.396 e. The zero-order valence-electron chi connectivity index (χ0n) is 11.7. The molecule has 21 heavy (non-hydrogen) atoms. The number of likely N-dealkylation sites (tertiary alicyclic amines) is 1. The Morgan fingerprint density at radius 3 is 2.86 bits per heavy atom. The number of piperidine rings is 1. The Bertz CT molecular complexity index is 564. The molecule has 1 aromatic carbocycles. The third-order valence-electron chi connectivity index (χ3n) is 3.89. The number of aliphatic hydroxyl groups is 1. The third-order valence-corrected chi connectivity index (χ3v) is 4.12. The predicted molar refractivity (Wildman–Crippen MR) is 78.4 cm³/mol. The van der Waals surface area contributed by atoms with Crippen molar-refractivity contribution in [2.24, 2.45) is 5.92 Å². The number of aliphatic hydroxyl groups excluding tert-OH is 1. The van der Waals surface area contributed by atoms with Crippen molar-refractivity contribution in [2.45, 2.75) is 25.8 Å². The molecule has 0 spiro atoms. The van der Waals surface area contributed by atoms with Crippen LogP contribution in [0.2, 0.25) is 5.02 Å². The van der Waals surface area contributed by atoms with Crippen LogP contribution in [0.5, 0.6) is 0 Å². The summed E-state index contributed by atoms with van der Waals surface area (Å²) in [6.45, 7) is 2.34. The summed E-state index contributed by atoms with van der Waals surface area (Å²) in [6.07, 6.45) is 1.63. The highest BCUT2D eigenvalue weighted by molar-refractivity contribution is 6.31. The van der Waals surface area contributed by atoms with Gasteiger partial charge in [-0.05, 0) is 37.8 Å². The first kappa shape index (κ1) is 15.7. The summed E-state index contributed by atoms with van der Waals surface area (Å²) < 4.78 is 0. The Hall–Kier alpha value is -1.66. The lowest BCUT2D eigenvalue weighted by Gasteiger charge is -2.37. The van der Waals surface area contributed by atoms with Crippen LogP contribution in [0.25, 0.3) is 0 Å². The molecule has 1 saturated heterocycles. The van der Waals surface area contributed by atoms with Gasteiger partial charge in [-0.25, -0.2) is 0 Å². The Balaban J connectivity index is 2.32. The first-order valence-corrected chi connectivity index (χ1v) is 7.17. The smallest absolute Gasteiger partial charge is 0.283 e. The van der Waals surface area contributed by atoms with E-state index in [1.807, 2.05) is 6.92 Å². The molecule has 0 radical (unpaired) electrons. The van der Waals surface area contributed by atoms with Crippen molar-refractivity contribution in [3.8, 4) is 0 Å². The van der Waals surface area contributed by atoms with E-state index in [1.165, 1.54) is 18.2 Å². The minimum Gasteiger partial charge on any atom is -0.396 e. The number of amides is 1. The Morgan fingerprint density at radius 1 is 1.52 bits per heavy atom. The van der Waals surface area contributed by atoms with Crippen LogP contribution in [-0.4, -0.2) is 40.0 Å². The molecular weight excluding hydrogens is 296 g/mol. The zero-order valence-corrected chi connectivity index (χ0v) is 12.4. The Morgan fingerprint density at radius 2 is 2.24 bits per heavy atom. The van der Waals surface area contributed by atoms with Gasteiger partial charge in [0.25, 0.3) is 11.6 Å². The van der Waals surface area contributed by atoms with Crippen LogP contribution in [0, 0.1) is 16.0 Å². The molecule has 0 aliphatic carbocycles. The van der Waals surface area contributed by atoms with Crippen molar-refractivity contribution in [1.29, 1.82) is 0 Å². The van der Waals surface area contributed by atoms with Crippen LogP contribution in [-0.2, 0) is 0 Å². The molecule has 1 amide bonds. The SMILES string of the molecule is CC1CCC(CO)CN1C(=O)c1ccc(Cl)cc1[N+](=O)[O-]. The van der Waals surface area contributed by atoms with Gasteiger partial charge in [-0.3, -0.25) is 14.9 Å². The lowest BCUT2D eigenvalue weighted by Crippen LogP contribution is -2.46. The number of rotatable bonds is 3. The fourth-order valence-corrected chi connectivity index (χ4v) is 2.77. The van der Waals surface area contributed by atoms with Crippen molar-refractivity contribution < 1.29 is 14.8 Å². The van der Waals surface area contributed by atoms with Gasteiger partial charge >= 0.3 is 0 Å². The van der Waals surface area contributed by atoms with E-state index in [0.29, 0.717) is 6.54 Å². The molecule has 1 aromatic rings. The molecule has 2 unspecified atom stereocenters. The summed E-state index contributed by atoms with van der Waals surface area (Å²) in [5.41, 5.74) is -0.249. The van der Waals surface area contributed by atoms with Crippen molar-refractivity contribution >= 4 is 23.2 Å². The Labute approximate surface area is 127 Å². The highest BCUT2D eigenvalue weighted by Crippen LogP contribution is 2.28. The molecule has 1 fully saturated rings. The molecule has 1 N–H and O–H groups in total. The van der Waals surface area contributed by atoms with Gasteiger partial charge in [0.15, 0.2) is 0 Å². The summed E-state index contributed by atoms with van der Waals surface area (Å²) in [5, 5.41) is 20.6. The summed E-state index contributed by atoms with van der Waals surface area (Å²) in [6, 6.07) is 4.04. The van der Waals surface area contributed by atoms with Gasteiger partial charge in [0, 0.05) is 30.3 Å². The maximum atomic E-state index is 12.6. The molecule has 0 bridgehead atoms. The van der Waals surface area contributed by atoms with Crippen LogP contribution < -0.4 is 0 Å². The maximum Gasteiger partial charge on any atom is 0.283 e. The standard InChI is InChI=1S/C14H17ClN2O4/c1-9-2-3-10(8-18)7-16(9)14(19)12-5-4-11(15)6-13(12)17(20)21/h4-6,9-10,18H,2-3,7-8H2,1H3. The second-order valence-corrected chi connectivity index (χ2v) is 5.79. The van der Waals surface area contributed by atoms with Gasteiger partial charge in [-0.15, -0.1) is 0 Å². The highest BCUT2D eigenvalue weighted by atomic mass is 35.5. The van der Waals surface area contributed by atoms with E-state index in [4.69, 9.17) is 11.6 Å². The van der Waals surface area contributed by atoms with E-state index < -0.39 is 4.92 Å². The van der Waals surface area contributed by atoms with Gasteiger partial charge in [0.1, 0.15) is 5.56 Å². The van der Waals surface area contributed by atoms with Gasteiger partial charge in [0.05, 0.1) is 4.92 Å². The molecule has 2 atom stereocenters. The van der Waals surface area contributed by atoms with E-state index in [2.05, 4.69) is 0 Å². The summed E-state index contributed by atoms with van der Waals surface area (Å²) in [5.74, 6) is -0.361. The summed E-state index contributed by atoms with van der Waals surface area (Å²) >= 11 is 5.76. The minimum atomic E-state index is -0.600. The molecular formula is C14H17ClN2O4. The molecule has 0 saturated carbocycles. The van der Waals surface area contributed by atoms with Crippen LogP contribution in [0.1, 0.15) is 30.1 Å². The maximum absolute atomic E-state index is 12.6. The average molecular weight is 313 g/mol. The fraction of sp³-hybridized carbons (Fsp3) is 0.500. The first-order valence-electron chi connectivity index (χ1n) is 6.79. The predicted octanol–water partition coefficient (Wildman–Crippen LogP) is 2.48. The second-order valence-electron chi connectivity index (χ2n) is 5.35. The minimum absolute atomic E-state index is 0.00409. The first-order chi connectivity index (χ1) is 9.93. The average Bonchev–Trinajstić information content (AvgIpc) is 2.47. The van der Waals surface area contributed by atoms with Gasteiger partial charge < -0.3 is 10.0 Å². The van der Waals surface area contributed by atoms with Crippen molar-refractivity contribution in [1.82, 2.24) is 4.90 Å². The van der Waals surface area contributed by atoms with Crippen LogP contribution in [0.4, 0.5) is 5.69 Å². The number of carbonyl (C=O) groups excluding carboxylic acids is 1. The molecule has 1 heterocycles. The normalized spacial score (nSPS) is 22.1. The quantitative estimate of drug-likeness (QED) is 0.686. The monoisotopic (exact) mass is 312 g/mol. The van der Waals surface area contributed by atoms with Crippen molar-refractivity contribution in [2.75, 3.05) is 13.2 Å². The molecule has 7 heteroatoms. The van der Waals surface area contributed by atoms with E-state index >= 15 is 0 Å². The molecule has 2 rings (SSSR count). The fourth-order valence-electron chi connectivity index (χ4n) is 2.61. The lowest BCUT2D eigenvalue weighted by atomic mass is 9.93. The van der Waals surface area contributed by atoms with E-state index in [-0.39, 0.29) is 40.7 Å². The number of hydrogen-bond acceptors (Lipinski definition) is 4. The number of nitro groups is 1. The lowest BCUT2D eigenvalue weighted by molar-refractivity contribution is -0.385. The topological polar surface area (TPSA) is 83.7 Å². The summed E-state index contributed by atoms with van der Waals surface area (Å²) in [4.78, 5) is 24.7. The van der Waals surface area contributed by atoms with E-state index in [0.717, 1.165) is 12.8 Å². The van der Waals surface area contributed by atoms with Crippen LogP contribution >= 0.6 is 11.6 Å². The zero-order chi connectivity index (χ0) is 15.6. The Kier molecular flexibility index (Phi) is 4.80. The van der Waals surface area contributed by atoms with Crippen LogP contribution in [0.3, 0.4) is 0 Å². The van der Waals surface area contributed by atoms with Crippen molar-refractivity contribution in [3.05, 3.63) is 38.9 Å². The summed E-state index contributed by atoms with van der Waals surface area (Å²) in [7, 11) is 0. The van der Waals surface area contributed by atoms with Gasteiger partial charge in [-0.2, -0.15) is 0 Å². The van der Waals surface area contributed by atoms with Gasteiger partial charge in [0.2, 0.25) is 0 Å². The second kappa shape index (κ2) is 6.41. The highest BCUT2D eigenvalue weighted by Gasteiger charge is 2.32. The van der Waals surface area contributed by atoms with Crippen LogP contribution in [0.15, 0.2) is 18.2 Å². The number of hydrogen-bond donors (Lipinski definition) is 1. The number of nitrogens with zero attached hydrogens (tertiary/aromatic N) is 2. The van der Waals surface area contributed by atoms with E-state index in [1.54, 1.807) is 4.90 Å². The molecule has 6 nitrogen and oxygen atoms in total. The molecule has 0 aromatic heterocycles. The number of carbonyl (C=O) groups is 1.